The fourth-order valence-electron chi connectivity index (χ4n) is 2.35. The smallest absolute Gasteiger partial charge is 0.236 e. The van der Waals surface area contributed by atoms with Crippen LogP contribution in [0.25, 0.3) is 0 Å². The van der Waals surface area contributed by atoms with Gasteiger partial charge in [-0.15, -0.1) is 12.4 Å². The minimum atomic E-state index is -0.339. The van der Waals surface area contributed by atoms with Gasteiger partial charge in [0.1, 0.15) is 0 Å². The van der Waals surface area contributed by atoms with Gasteiger partial charge in [-0.1, -0.05) is 27.2 Å². The highest BCUT2D eigenvalue weighted by atomic mass is 35.5. The molecule has 1 amide bonds. The monoisotopic (exact) mass is 262 g/mol. The highest BCUT2D eigenvalue weighted by Crippen LogP contribution is 2.42. The molecule has 0 spiro atoms. The molecular weight excluding hydrogens is 236 g/mol. The molecule has 17 heavy (non-hydrogen) atoms. The largest absolute Gasteiger partial charge is 0.354 e. The maximum atomic E-state index is 11.7. The average Bonchev–Trinajstić information content (AvgIpc) is 2.15. The van der Waals surface area contributed by atoms with Crippen LogP contribution in [0.2, 0.25) is 0 Å². The third kappa shape index (κ3) is 4.84. The first-order valence-corrected chi connectivity index (χ1v) is 6.52. The summed E-state index contributed by atoms with van der Waals surface area (Å²) in [6.07, 6.45) is 5.74. The number of nitrogens with two attached hydrogens (primary N) is 1. The minimum absolute atomic E-state index is 0. The van der Waals surface area contributed by atoms with Crippen molar-refractivity contribution in [1.29, 1.82) is 0 Å². The number of hydrogen-bond donors (Lipinski definition) is 2. The lowest BCUT2D eigenvalue weighted by Crippen LogP contribution is -2.47. The van der Waals surface area contributed by atoms with Gasteiger partial charge in [0.05, 0.1) is 6.04 Å². The summed E-state index contributed by atoms with van der Waals surface area (Å²) in [5.74, 6) is 0.498. The predicted molar refractivity (Wildman–Crippen MR) is 74.3 cm³/mol. The second-order valence-corrected chi connectivity index (χ2v) is 5.66. The van der Waals surface area contributed by atoms with Crippen molar-refractivity contribution in [1.82, 2.24) is 5.32 Å². The van der Waals surface area contributed by atoms with Crippen LogP contribution < -0.4 is 11.1 Å². The topological polar surface area (TPSA) is 55.1 Å². The Balaban J connectivity index is 0.00000256. The number of rotatable bonds is 6. The molecule has 0 unspecified atom stereocenters. The van der Waals surface area contributed by atoms with E-state index in [1.807, 2.05) is 0 Å². The first-order valence-electron chi connectivity index (χ1n) is 6.52. The van der Waals surface area contributed by atoms with Crippen molar-refractivity contribution in [3.05, 3.63) is 0 Å². The van der Waals surface area contributed by atoms with Crippen LogP contribution in [-0.4, -0.2) is 18.5 Å². The fraction of sp³-hybridized carbons (Fsp3) is 0.923. The van der Waals surface area contributed by atoms with E-state index in [0.29, 0.717) is 11.3 Å². The van der Waals surface area contributed by atoms with Crippen LogP contribution in [0.3, 0.4) is 0 Å². The summed E-state index contributed by atoms with van der Waals surface area (Å²) in [6, 6.07) is -0.339. The summed E-state index contributed by atoms with van der Waals surface area (Å²) in [5, 5.41) is 3.02. The Labute approximate surface area is 111 Å². The number of halogens is 1. The maximum absolute atomic E-state index is 11.7. The van der Waals surface area contributed by atoms with E-state index in [-0.39, 0.29) is 24.4 Å². The van der Waals surface area contributed by atoms with Gasteiger partial charge < -0.3 is 11.1 Å². The van der Waals surface area contributed by atoms with Gasteiger partial charge in [0, 0.05) is 6.54 Å². The number of amides is 1. The molecule has 0 aliphatic heterocycles. The SMILES string of the molecule is CCC1(CNC(=O)[C@@H](N)CC(C)C)CCC1.Cl. The Hall–Kier alpha value is -0.280. The van der Waals surface area contributed by atoms with Crippen LogP contribution in [0.1, 0.15) is 52.9 Å². The molecule has 0 heterocycles. The third-order valence-corrected chi connectivity index (χ3v) is 3.86. The Morgan fingerprint density at radius 1 is 1.41 bits per heavy atom. The van der Waals surface area contributed by atoms with Crippen LogP contribution in [0.15, 0.2) is 0 Å². The van der Waals surface area contributed by atoms with Crippen LogP contribution in [0, 0.1) is 11.3 Å². The molecule has 1 aliphatic carbocycles. The van der Waals surface area contributed by atoms with Gasteiger partial charge >= 0.3 is 0 Å². The van der Waals surface area contributed by atoms with Gasteiger partial charge in [-0.05, 0) is 37.0 Å². The fourth-order valence-corrected chi connectivity index (χ4v) is 2.35. The summed E-state index contributed by atoms with van der Waals surface area (Å²) in [6.45, 7) is 7.20. The second-order valence-electron chi connectivity index (χ2n) is 5.66. The zero-order chi connectivity index (χ0) is 12.2. The molecule has 1 saturated carbocycles. The van der Waals surface area contributed by atoms with Crippen LogP contribution >= 0.6 is 12.4 Å². The molecule has 102 valence electrons. The highest BCUT2D eigenvalue weighted by molar-refractivity contribution is 5.85. The van der Waals surface area contributed by atoms with Crippen LogP contribution in [0.4, 0.5) is 0 Å². The summed E-state index contributed by atoms with van der Waals surface area (Å²) < 4.78 is 0. The van der Waals surface area contributed by atoms with E-state index >= 15 is 0 Å². The summed E-state index contributed by atoms with van der Waals surface area (Å²) in [7, 11) is 0. The van der Waals surface area contributed by atoms with Gasteiger partial charge in [-0.3, -0.25) is 4.79 Å². The lowest BCUT2D eigenvalue weighted by atomic mass is 9.67. The van der Waals surface area contributed by atoms with E-state index in [9.17, 15) is 4.79 Å². The molecule has 0 aromatic heterocycles. The second kappa shape index (κ2) is 7.22. The first kappa shape index (κ1) is 16.7. The Bertz CT molecular complexity index is 234. The Morgan fingerprint density at radius 2 is 2.00 bits per heavy atom. The average molecular weight is 263 g/mol. The lowest BCUT2D eigenvalue weighted by molar-refractivity contribution is -0.123. The van der Waals surface area contributed by atoms with Crippen molar-refractivity contribution < 1.29 is 4.79 Å². The molecule has 0 aromatic rings. The van der Waals surface area contributed by atoms with Crippen LogP contribution in [0.5, 0.6) is 0 Å². The summed E-state index contributed by atoms with van der Waals surface area (Å²) >= 11 is 0. The number of carbonyl (C=O) groups excluding carboxylic acids is 1. The van der Waals surface area contributed by atoms with Gasteiger partial charge in [0.15, 0.2) is 0 Å². The van der Waals surface area contributed by atoms with Gasteiger partial charge in [-0.2, -0.15) is 0 Å². The minimum Gasteiger partial charge on any atom is -0.354 e. The molecule has 3 nitrogen and oxygen atoms in total. The molecule has 0 bridgehead atoms. The van der Waals surface area contributed by atoms with Crippen LogP contribution in [-0.2, 0) is 4.79 Å². The Morgan fingerprint density at radius 3 is 2.35 bits per heavy atom. The van der Waals surface area contributed by atoms with Gasteiger partial charge in [0.25, 0.3) is 0 Å². The predicted octanol–water partition coefficient (Wildman–Crippen LogP) is 2.48. The van der Waals surface area contributed by atoms with Gasteiger partial charge in [-0.25, -0.2) is 0 Å². The zero-order valence-corrected chi connectivity index (χ0v) is 12.1. The molecule has 3 N–H and O–H groups in total. The van der Waals surface area contributed by atoms with Crippen molar-refractivity contribution in [3.63, 3.8) is 0 Å². The molecule has 0 aromatic carbocycles. The summed E-state index contributed by atoms with van der Waals surface area (Å²) in [4.78, 5) is 11.7. The third-order valence-electron chi connectivity index (χ3n) is 3.86. The van der Waals surface area contributed by atoms with E-state index in [1.165, 1.54) is 19.3 Å². The molecule has 1 atom stereocenters. The molecule has 1 fully saturated rings. The molecule has 1 rings (SSSR count). The van der Waals surface area contributed by atoms with E-state index in [2.05, 4.69) is 26.1 Å². The number of hydrogen-bond acceptors (Lipinski definition) is 2. The summed E-state index contributed by atoms with van der Waals surface area (Å²) in [5.41, 5.74) is 6.22. The number of carbonyl (C=O) groups is 1. The molecular formula is C13H27ClN2O. The molecule has 0 radical (unpaired) electrons. The number of nitrogens with one attached hydrogen (secondary N) is 1. The maximum Gasteiger partial charge on any atom is 0.236 e. The molecule has 1 aliphatic rings. The molecule has 0 saturated heterocycles. The highest BCUT2D eigenvalue weighted by Gasteiger charge is 2.35. The lowest BCUT2D eigenvalue weighted by Gasteiger charge is -2.41. The van der Waals surface area contributed by atoms with Crippen molar-refractivity contribution in [3.8, 4) is 0 Å². The van der Waals surface area contributed by atoms with E-state index in [1.54, 1.807) is 0 Å². The first-order chi connectivity index (χ1) is 7.49. The van der Waals surface area contributed by atoms with Crippen molar-refractivity contribution in [2.45, 2.75) is 58.9 Å². The van der Waals surface area contributed by atoms with Gasteiger partial charge in [0.2, 0.25) is 5.91 Å². The zero-order valence-electron chi connectivity index (χ0n) is 11.3. The van der Waals surface area contributed by atoms with E-state index in [4.69, 9.17) is 5.73 Å². The normalized spacial score (nSPS) is 19.1. The van der Waals surface area contributed by atoms with Crippen molar-refractivity contribution in [2.24, 2.45) is 17.1 Å². The quantitative estimate of drug-likeness (QED) is 0.773. The molecule has 4 heteroatoms. The van der Waals surface area contributed by atoms with E-state index in [0.717, 1.165) is 19.4 Å². The van der Waals surface area contributed by atoms with E-state index < -0.39 is 0 Å². The standard InChI is InChI=1S/C13H26N2O.ClH/c1-4-13(6-5-7-13)9-15-12(16)11(14)8-10(2)3;/h10-11H,4-9,14H2,1-3H3,(H,15,16);1H/t11-;/m0./s1. The van der Waals surface area contributed by atoms with Crippen molar-refractivity contribution in [2.75, 3.05) is 6.54 Å². The Kier molecular flexibility index (Phi) is 7.10. The van der Waals surface area contributed by atoms with Crippen molar-refractivity contribution >= 4 is 18.3 Å².